The Bertz CT molecular complexity index is 671. The Hall–Kier alpha value is -2.03. The first-order chi connectivity index (χ1) is 10.5. The largest absolute Gasteiger partial charge is 0.289 e. The zero-order chi connectivity index (χ0) is 17.4. The number of benzene rings is 1. The van der Waals surface area contributed by atoms with Gasteiger partial charge < -0.3 is 0 Å². The molecule has 1 aromatic rings. The quantitative estimate of drug-likeness (QED) is 0.636. The van der Waals surface area contributed by atoms with Gasteiger partial charge in [0.2, 0.25) is 0 Å². The number of carbonyl (C=O) groups excluding carboxylic acids is 1. The van der Waals surface area contributed by atoms with Crippen LogP contribution in [-0.4, -0.2) is 11.5 Å². The van der Waals surface area contributed by atoms with Crippen molar-refractivity contribution in [3.8, 4) is 0 Å². The van der Waals surface area contributed by atoms with E-state index in [-0.39, 0.29) is 22.4 Å². The van der Waals surface area contributed by atoms with E-state index in [1.165, 1.54) is 12.1 Å². The lowest BCUT2D eigenvalue weighted by atomic mass is 9.72. The molecule has 0 fully saturated rings. The van der Waals surface area contributed by atoms with Gasteiger partial charge in [0.05, 0.1) is 11.4 Å². The standard InChI is InChI=1S/C20H24FNO/c1-19(2,3)16-11-15(12-17(18(16)23)20(4,5)6)22-14-9-7-13(21)8-10-14/h7-12H,1-6H3. The average Bonchev–Trinajstić information content (AvgIpc) is 2.40. The first-order valence-corrected chi connectivity index (χ1v) is 7.82. The highest BCUT2D eigenvalue weighted by atomic mass is 19.1. The van der Waals surface area contributed by atoms with Crippen molar-refractivity contribution in [3.05, 3.63) is 53.4 Å². The first kappa shape index (κ1) is 17.3. The molecular weight excluding hydrogens is 289 g/mol. The van der Waals surface area contributed by atoms with Crippen molar-refractivity contribution in [3.63, 3.8) is 0 Å². The van der Waals surface area contributed by atoms with Gasteiger partial charge in [-0.15, -0.1) is 0 Å². The Morgan fingerprint density at radius 1 is 0.826 bits per heavy atom. The minimum absolute atomic E-state index is 0.0862. The number of rotatable bonds is 1. The van der Waals surface area contributed by atoms with E-state index in [2.05, 4.69) is 4.99 Å². The molecule has 3 heteroatoms. The summed E-state index contributed by atoms with van der Waals surface area (Å²) in [6, 6.07) is 6.04. The molecule has 0 N–H and O–H groups in total. The van der Waals surface area contributed by atoms with E-state index in [9.17, 15) is 9.18 Å². The van der Waals surface area contributed by atoms with Gasteiger partial charge in [-0.3, -0.25) is 4.79 Å². The summed E-state index contributed by atoms with van der Waals surface area (Å²) < 4.78 is 13.0. The predicted octanol–water partition coefficient (Wildman–Crippen LogP) is 5.43. The summed E-state index contributed by atoms with van der Waals surface area (Å²) in [6.45, 7) is 12.2. The number of aliphatic imine (C=N–C) groups is 1. The zero-order valence-electron chi connectivity index (χ0n) is 14.7. The van der Waals surface area contributed by atoms with Crippen molar-refractivity contribution in [1.82, 2.24) is 0 Å². The molecule has 0 aromatic heterocycles. The van der Waals surface area contributed by atoms with Gasteiger partial charge in [-0.05, 0) is 47.2 Å². The van der Waals surface area contributed by atoms with Gasteiger partial charge in [0.1, 0.15) is 5.82 Å². The van der Waals surface area contributed by atoms with Crippen molar-refractivity contribution >= 4 is 17.2 Å². The SMILES string of the molecule is CC(C)(C)C1=CC(=Nc2ccc(F)cc2)C=C(C(C)(C)C)C1=O. The van der Waals surface area contributed by atoms with Crippen molar-refractivity contribution in [1.29, 1.82) is 0 Å². The predicted molar refractivity (Wildman–Crippen MR) is 93.6 cm³/mol. The van der Waals surface area contributed by atoms with Crippen molar-refractivity contribution in [2.45, 2.75) is 41.5 Å². The van der Waals surface area contributed by atoms with E-state index in [4.69, 9.17) is 0 Å². The van der Waals surface area contributed by atoms with Crippen LogP contribution >= 0.6 is 0 Å². The van der Waals surface area contributed by atoms with Crippen LogP contribution in [0.2, 0.25) is 0 Å². The smallest absolute Gasteiger partial charge is 0.186 e. The summed E-state index contributed by atoms with van der Waals surface area (Å²) in [4.78, 5) is 17.4. The molecule has 2 nitrogen and oxygen atoms in total. The Kier molecular flexibility index (Phi) is 4.43. The fourth-order valence-corrected chi connectivity index (χ4v) is 2.46. The summed E-state index contributed by atoms with van der Waals surface area (Å²) in [5, 5.41) is 0. The van der Waals surface area contributed by atoms with Crippen LogP contribution in [0.4, 0.5) is 10.1 Å². The molecule has 1 aliphatic rings. The fraction of sp³-hybridized carbons (Fsp3) is 0.400. The highest BCUT2D eigenvalue weighted by Gasteiger charge is 2.34. The molecule has 0 aliphatic heterocycles. The van der Waals surface area contributed by atoms with Gasteiger partial charge >= 0.3 is 0 Å². The molecular formula is C20H24FNO. The number of hydrogen-bond donors (Lipinski definition) is 0. The number of Topliss-reactive ketones (excluding diaryl/α,β-unsaturated/α-hetero) is 1. The summed E-state index contributed by atoms with van der Waals surface area (Å²) in [7, 11) is 0. The molecule has 0 atom stereocenters. The number of hydrogen-bond acceptors (Lipinski definition) is 2. The fourth-order valence-electron chi connectivity index (χ4n) is 2.46. The molecule has 0 amide bonds. The number of allylic oxidation sites excluding steroid dienone is 4. The average molecular weight is 313 g/mol. The van der Waals surface area contributed by atoms with E-state index < -0.39 is 0 Å². The molecule has 0 saturated carbocycles. The van der Waals surface area contributed by atoms with Crippen LogP contribution in [0.1, 0.15) is 41.5 Å². The van der Waals surface area contributed by atoms with E-state index in [1.807, 2.05) is 53.7 Å². The second-order valence-corrected chi connectivity index (χ2v) is 7.96. The highest BCUT2D eigenvalue weighted by Crippen LogP contribution is 2.37. The summed E-state index contributed by atoms with van der Waals surface area (Å²) in [5.74, 6) is -0.201. The van der Waals surface area contributed by atoms with Crippen LogP contribution in [0.25, 0.3) is 0 Å². The van der Waals surface area contributed by atoms with Crippen LogP contribution in [0.15, 0.2) is 52.6 Å². The number of nitrogens with zero attached hydrogens (tertiary/aromatic N) is 1. The minimum Gasteiger partial charge on any atom is -0.289 e. The third-order valence-corrected chi connectivity index (χ3v) is 3.77. The molecule has 122 valence electrons. The lowest BCUT2D eigenvalue weighted by molar-refractivity contribution is -0.114. The monoisotopic (exact) mass is 313 g/mol. The molecule has 1 aromatic carbocycles. The van der Waals surface area contributed by atoms with Crippen LogP contribution in [0.3, 0.4) is 0 Å². The summed E-state index contributed by atoms with van der Waals surface area (Å²) >= 11 is 0. The topological polar surface area (TPSA) is 29.4 Å². The minimum atomic E-state index is -0.287. The Morgan fingerprint density at radius 3 is 1.65 bits per heavy atom. The van der Waals surface area contributed by atoms with Gasteiger partial charge in [0.25, 0.3) is 0 Å². The summed E-state index contributed by atoms with van der Waals surface area (Å²) in [5.41, 5.74) is 2.39. The van der Waals surface area contributed by atoms with Crippen molar-refractivity contribution in [2.75, 3.05) is 0 Å². The van der Waals surface area contributed by atoms with E-state index >= 15 is 0 Å². The van der Waals surface area contributed by atoms with Crippen LogP contribution < -0.4 is 0 Å². The normalized spacial score (nSPS) is 16.1. The summed E-state index contributed by atoms with van der Waals surface area (Å²) in [6.07, 6.45) is 3.70. The Labute approximate surface area is 137 Å². The first-order valence-electron chi connectivity index (χ1n) is 7.82. The zero-order valence-corrected chi connectivity index (χ0v) is 14.7. The molecule has 0 bridgehead atoms. The molecule has 23 heavy (non-hydrogen) atoms. The van der Waals surface area contributed by atoms with E-state index in [0.29, 0.717) is 5.69 Å². The van der Waals surface area contributed by atoms with Crippen LogP contribution in [0, 0.1) is 16.6 Å². The lowest BCUT2D eigenvalue weighted by Crippen LogP contribution is -2.29. The molecule has 0 saturated heterocycles. The van der Waals surface area contributed by atoms with Crippen LogP contribution in [0.5, 0.6) is 0 Å². The Balaban J connectivity index is 2.56. The van der Waals surface area contributed by atoms with Gasteiger partial charge in [-0.1, -0.05) is 41.5 Å². The third-order valence-electron chi connectivity index (χ3n) is 3.77. The van der Waals surface area contributed by atoms with E-state index in [1.54, 1.807) is 12.1 Å². The molecule has 1 aliphatic carbocycles. The van der Waals surface area contributed by atoms with Gasteiger partial charge in [-0.25, -0.2) is 9.38 Å². The van der Waals surface area contributed by atoms with E-state index in [0.717, 1.165) is 16.9 Å². The lowest BCUT2D eigenvalue weighted by Gasteiger charge is -2.31. The van der Waals surface area contributed by atoms with Crippen LogP contribution in [-0.2, 0) is 4.79 Å². The maximum Gasteiger partial charge on any atom is 0.186 e. The van der Waals surface area contributed by atoms with Crippen molar-refractivity contribution < 1.29 is 9.18 Å². The van der Waals surface area contributed by atoms with Gasteiger partial charge in [0.15, 0.2) is 5.78 Å². The third kappa shape index (κ3) is 4.04. The number of carbonyl (C=O) groups is 1. The molecule has 0 heterocycles. The number of ketones is 1. The van der Waals surface area contributed by atoms with Gasteiger partial charge in [-0.2, -0.15) is 0 Å². The maximum absolute atomic E-state index is 13.0. The van der Waals surface area contributed by atoms with Crippen molar-refractivity contribution in [2.24, 2.45) is 15.8 Å². The molecule has 0 spiro atoms. The molecule has 0 unspecified atom stereocenters. The Morgan fingerprint density at radius 2 is 1.26 bits per heavy atom. The molecule has 2 rings (SSSR count). The highest BCUT2D eigenvalue weighted by molar-refractivity contribution is 6.23. The number of halogens is 1. The maximum atomic E-state index is 13.0. The second-order valence-electron chi connectivity index (χ2n) is 7.96. The second kappa shape index (κ2) is 5.88. The van der Waals surface area contributed by atoms with Gasteiger partial charge in [0, 0.05) is 11.1 Å². The molecule has 0 radical (unpaired) electrons.